The standard InChI is InChI=1S/C17H26O3/c1-12(2)16(18)14(4)17(19)13(3)10-20-11-15-8-6-5-7-9-15/h5-9,13-14,16-19H,1,10-11H2,2-4H3/t13-,14-,16-,17-/m1/s1. The second-order valence-electron chi connectivity index (χ2n) is 5.62. The van der Waals surface area contributed by atoms with Gasteiger partial charge >= 0.3 is 0 Å². The van der Waals surface area contributed by atoms with E-state index in [1.807, 2.05) is 44.2 Å². The Bertz CT molecular complexity index is 402. The van der Waals surface area contributed by atoms with Gasteiger partial charge in [-0.25, -0.2) is 0 Å². The normalized spacial score (nSPS) is 17.2. The highest BCUT2D eigenvalue weighted by Gasteiger charge is 2.27. The summed E-state index contributed by atoms with van der Waals surface area (Å²) >= 11 is 0. The summed E-state index contributed by atoms with van der Waals surface area (Å²) in [6.07, 6.45) is -1.29. The highest BCUT2D eigenvalue weighted by Crippen LogP contribution is 2.20. The molecule has 0 bridgehead atoms. The van der Waals surface area contributed by atoms with Crippen LogP contribution in [0.15, 0.2) is 42.5 Å². The minimum atomic E-state index is -0.679. The van der Waals surface area contributed by atoms with Crippen LogP contribution in [-0.2, 0) is 11.3 Å². The fourth-order valence-electron chi connectivity index (χ4n) is 2.19. The van der Waals surface area contributed by atoms with Gasteiger partial charge in [0.15, 0.2) is 0 Å². The molecule has 0 aliphatic rings. The molecule has 0 aliphatic heterocycles. The quantitative estimate of drug-likeness (QED) is 0.719. The summed E-state index contributed by atoms with van der Waals surface area (Å²) in [5, 5.41) is 20.1. The number of hydrogen-bond donors (Lipinski definition) is 2. The summed E-state index contributed by atoms with van der Waals surface area (Å²) in [5.41, 5.74) is 1.79. The second-order valence-corrected chi connectivity index (χ2v) is 5.62. The lowest BCUT2D eigenvalue weighted by atomic mass is 9.87. The highest BCUT2D eigenvalue weighted by molar-refractivity contribution is 5.13. The van der Waals surface area contributed by atoms with E-state index in [0.717, 1.165) is 5.56 Å². The summed E-state index contributed by atoms with van der Waals surface area (Å²) in [6, 6.07) is 9.93. The van der Waals surface area contributed by atoms with Crippen molar-refractivity contribution in [2.75, 3.05) is 6.61 Å². The SMILES string of the molecule is C=C(C)[C@@H](O)[C@@H](C)[C@H](O)[C@H](C)COCc1ccccc1. The first kappa shape index (κ1) is 16.9. The second kappa shape index (κ2) is 8.20. The molecule has 0 radical (unpaired) electrons. The smallest absolute Gasteiger partial charge is 0.0795 e. The molecule has 3 heteroatoms. The van der Waals surface area contributed by atoms with Crippen LogP contribution in [0, 0.1) is 11.8 Å². The van der Waals surface area contributed by atoms with Crippen LogP contribution in [0.5, 0.6) is 0 Å². The van der Waals surface area contributed by atoms with E-state index in [0.29, 0.717) is 18.8 Å². The molecular weight excluding hydrogens is 252 g/mol. The molecule has 20 heavy (non-hydrogen) atoms. The van der Waals surface area contributed by atoms with Crippen LogP contribution in [0.25, 0.3) is 0 Å². The Morgan fingerprint density at radius 1 is 1.20 bits per heavy atom. The molecule has 3 nitrogen and oxygen atoms in total. The molecule has 0 aliphatic carbocycles. The first-order valence-electron chi connectivity index (χ1n) is 7.06. The molecular formula is C17H26O3. The van der Waals surface area contributed by atoms with Crippen LogP contribution in [0.4, 0.5) is 0 Å². The van der Waals surface area contributed by atoms with Gasteiger partial charge in [-0.1, -0.05) is 56.3 Å². The van der Waals surface area contributed by atoms with Gasteiger partial charge in [-0.2, -0.15) is 0 Å². The van der Waals surface area contributed by atoms with Gasteiger partial charge in [0.05, 0.1) is 25.4 Å². The van der Waals surface area contributed by atoms with Gasteiger partial charge in [-0.05, 0) is 12.5 Å². The summed E-state index contributed by atoms with van der Waals surface area (Å²) in [7, 11) is 0. The number of rotatable bonds is 8. The van der Waals surface area contributed by atoms with Crippen molar-refractivity contribution in [3.05, 3.63) is 48.0 Å². The van der Waals surface area contributed by atoms with Crippen molar-refractivity contribution in [3.8, 4) is 0 Å². The lowest BCUT2D eigenvalue weighted by Crippen LogP contribution is -2.36. The molecule has 0 unspecified atom stereocenters. The van der Waals surface area contributed by atoms with Crippen LogP contribution >= 0.6 is 0 Å². The van der Waals surface area contributed by atoms with Crippen molar-refractivity contribution in [2.45, 2.75) is 39.6 Å². The molecule has 0 heterocycles. The maximum absolute atomic E-state index is 10.2. The molecule has 1 rings (SSSR count). The Hall–Kier alpha value is -1.16. The number of aliphatic hydroxyl groups is 2. The van der Waals surface area contributed by atoms with E-state index in [9.17, 15) is 10.2 Å². The average Bonchev–Trinajstić information content (AvgIpc) is 2.45. The van der Waals surface area contributed by atoms with Gasteiger partial charge in [-0.15, -0.1) is 0 Å². The number of aliphatic hydroxyl groups excluding tert-OH is 2. The molecule has 1 aromatic rings. The van der Waals surface area contributed by atoms with Gasteiger partial charge in [0.25, 0.3) is 0 Å². The maximum atomic E-state index is 10.2. The van der Waals surface area contributed by atoms with E-state index in [-0.39, 0.29) is 11.8 Å². The molecule has 2 N–H and O–H groups in total. The zero-order valence-corrected chi connectivity index (χ0v) is 12.6. The number of hydrogen-bond acceptors (Lipinski definition) is 3. The predicted molar refractivity (Wildman–Crippen MR) is 81.3 cm³/mol. The van der Waals surface area contributed by atoms with Crippen molar-refractivity contribution >= 4 is 0 Å². The van der Waals surface area contributed by atoms with E-state index in [4.69, 9.17) is 4.74 Å². The average molecular weight is 278 g/mol. The fraction of sp³-hybridized carbons (Fsp3) is 0.529. The van der Waals surface area contributed by atoms with Crippen LogP contribution in [0.3, 0.4) is 0 Å². The third-order valence-electron chi connectivity index (χ3n) is 3.62. The predicted octanol–water partition coefficient (Wildman–Crippen LogP) is 2.77. The molecule has 0 fully saturated rings. The van der Waals surface area contributed by atoms with Gasteiger partial charge in [-0.3, -0.25) is 0 Å². The van der Waals surface area contributed by atoms with Crippen LogP contribution < -0.4 is 0 Å². The van der Waals surface area contributed by atoms with Crippen molar-refractivity contribution in [3.63, 3.8) is 0 Å². The Morgan fingerprint density at radius 2 is 1.80 bits per heavy atom. The monoisotopic (exact) mass is 278 g/mol. The molecule has 0 aromatic heterocycles. The van der Waals surface area contributed by atoms with E-state index >= 15 is 0 Å². The van der Waals surface area contributed by atoms with Crippen LogP contribution in [0.2, 0.25) is 0 Å². The first-order chi connectivity index (χ1) is 9.43. The highest BCUT2D eigenvalue weighted by atomic mass is 16.5. The third kappa shape index (κ3) is 5.08. The summed E-state index contributed by atoms with van der Waals surface area (Å²) in [6.45, 7) is 10.3. The van der Waals surface area contributed by atoms with Crippen LogP contribution in [0.1, 0.15) is 26.3 Å². The molecule has 0 amide bonds. The first-order valence-corrected chi connectivity index (χ1v) is 7.06. The summed E-state index contributed by atoms with van der Waals surface area (Å²) < 4.78 is 5.63. The van der Waals surface area contributed by atoms with Crippen molar-refractivity contribution < 1.29 is 14.9 Å². The summed E-state index contributed by atoms with van der Waals surface area (Å²) in [5.74, 6) is -0.287. The number of ether oxygens (including phenoxy) is 1. The van der Waals surface area contributed by atoms with Gasteiger partial charge in [0.1, 0.15) is 0 Å². The fourth-order valence-corrected chi connectivity index (χ4v) is 2.19. The van der Waals surface area contributed by atoms with Gasteiger partial charge in [0.2, 0.25) is 0 Å². The molecule has 0 saturated carbocycles. The molecule has 0 saturated heterocycles. The molecule has 0 spiro atoms. The Kier molecular flexibility index (Phi) is 6.93. The van der Waals surface area contributed by atoms with E-state index in [1.54, 1.807) is 6.92 Å². The minimum absolute atomic E-state index is 0.0392. The Morgan fingerprint density at radius 3 is 2.35 bits per heavy atom. The van der Waals surface area contributed by atoms with E-state index in [1.165, 1.54) is 0 Å². The Labute approximate surface area is 121 Å². The molecule has 4 atom stereocenters. The van der Waals surface area contributed by atoms with Gasteiger partial charge < -0.3 is 14.9 Å². The van der Waals surface area contributed by atoms with Crippen LogP contribution in [-0.4, -0.2) is 29.0 Å². The lowest BCUT2D eigenvalue weighted by Gasteiger charge is -2.28. The topological polar surface area (TPSA) is 49.7 Å². The van der Waals surface area contributed by atoms with Crippen molar-refractivity contribution in [1.29, 1.82) is 0 Å². The molecule has 1 aromatic carbocycles. The minimum Gasteiger partial charge on any atom is -0.392 e. The number of benzene rings is 1. The maximum Gasteiger partial charge on any atom is 0.0795 e. The van der Waals surface area contributed by atoms with Crippen molar-refractivity contribution in [2.24, 2.45) is 11.8 Å². The Balaban J connectivity index is 2.38. The van der Waals surface area contributed by atoms with E-state index < -0.39 is 12.2 Å². The van der Waals surface area contributed by atoms with Gasteiger partial charge in [0, 0.05) is 11.8 Å². The largest absolute Gasteiger partial charge is 0.392 e. The zero-order chi connectivity index (χ0) is 15.1. The lowest BCUT2D eigenvalue weighted by molar-refractivity contribution is -0.0253. The zero-order valence-electron chi connectivity index (χ0n) is 12.6. The molecule has 112 valence electrons. The van der Waals surface area contributed by atoms with E-state index in [2.05, 4.69) is 6.58 Å². The van der Waals surface area contributed by atoms with Crippen molar-refractivity contribution in [1.82, 2.24) is 0 Å². The summed E-state index contributed by atoms with van der Waals surface area (Å²) in [4.78, 5) is 0. The third-order valence-corrected chi connectivity index (χ3v) is 3.62.